The fourth-order valence-electron chi connectivity index (χ4n) is 5.88. The summed E-state index contributed by atoms with van der Waals surface area (Å²) in [5, 5.41) is 13.0. The molecular weight excluding hydrogens is 336 g/mol. The molecule has 0 spiro atoms. The molecule has 0 radical (unpaired) electrons. The second-order valence-corrected chi connectivity index (χ2v) is 8.76. The van der Waals surface area contributed by atoms with Gasteiger partial charge in [-0.05, 0) is 102 Å². The molecule has 5 rings (SSSR count). The molecule has 0 amide bonds. The van der Waals surface area contributed by atoms with Gasteiger partial charge in [0.15, 0.2) is 0 Å². The van der Waals surface area contributed by atoms with Crippen LogP contribution in [0.2, 0.25) is 0 Å². The molecule has 5 unspecified atom stereocenters. The number of fused-ring (bicyclic) bond motifs is 3. The highest BCUT2D eigenvalue weighted by Gasteiger charge is 2.49. The van der Waals surface area contributed by atoms with Gasteiger partial charge < -0.3 is 5.11 Å². The van der Waals surface area contributed by atoms with E-state index in [4.69, 9.17) is 0 Å². The number of phenolic OH excluding ortho intramolecular Hbond substituents is 1. The lowest BCUT2D eigenvalue weighted by molar-refractivity contribution is 0.153. The van der Waals surface area contributed by atoms with E-state index >= 15 is 0 Å². The number of rotatable bonds is 1. The molecular formula is C20H21BrO. The fourth-order valence-corrected chi connectivity index (χ4v) is 6.26. The molecule has 0 saturated heterocycles. The van der Waals surface area contributed by atoms with Gasteiger partial charge in [0.2, 0.25) is 0 Å². The van der Waals surface area contributed by atoms with E-state index in [0.717, 1.165) is 33.5 Å². The van der Waals surface area contributed by atoms with Crippen molar-refractivity contribution in [1.29, 1.82) is 0 Å². The van der Waals surface area contributed by atoms with Gasteiger partial charge in [0, 0.05) is 4.47 Å². The Balaban J connectivity index is 1.62. The van der Waals surface area contributed by atoms with Gasteiger partial charge in [0.1, 0.15) is 5.75 Å². The monoisotopic (exact) mass is 356 g/mol. The second kappa shape index (κ2) is 4.74. The molecule has 0 aliphatic heterocycles. The lowest BCUT2D eigenvalue weighted by Gasteiger charge is -2.40. The first-order chi connectivity index (χ1) is 10.7. The summed E-state index contributed by atoms with van der Waals surface area (Å²) in [5.74, 6) is 4.74. The van der Waals surface area contributed by atoms with Crippen molar-refractivity contribution >= 4 is 26.7 Å². The van der Waals surface area contributed by atoms with Crippen molar-refractivity contribution in [2.75, 3.05) is 0 Å². The lowest BCUT2D eigenvalue weighted by atomic mass is 9.65. The number of hydrogen-bond acceptors (Lipinski definition) is 1. The molecule has 2 aromatic carbocycles. The van der Waals surface area contributed by atoms with Crippen LogP contribution in [0.5, 0.6) is 5.75 Å². The lowest BCUT2D eigenvalue weighted by Crippen LogP contribution is -2.29. The zero-order chi connectivity index (χ0) is 14.8. The van der Waals surface area contributed by atoms with Crippen LogP contribution in [0.15, 0.2) is 34.8 Å². The zero-order valence-corrected chi connectivity index (χ0v) is 14.2. The largest absolute Gasteiger partial charge is 0.508 e. The smallest absolute Gasteiger partial charge is 0.119 e. The minimum absolute atomic E-state index is 0.518. The first-order valence-electron chi connectivity index (χ1n) is 8.59. The Morgan fingerprint density at radius 1 is 0.864 bits per heavy atom. The second-order valence-electron chi connectivity index (χ2n) is 7.84. The van der Waals surface area contributed by atoms with Crippen molar-refractivity contribution < 1.29 is 5.11 Å². The predicted molar refractivity (Wildman–Crippen MR) is 93.1 cm³/mol. The maximum atomic E-state index is 10.6. The van der Waals surface area contributed by atoms with E-state index in [-0.39, 0.29) is 0 Å². The van der Waals surface area contributed by atoms with Gasteiger partial charge in [0.05, 0.1) is 0 Å². The van der Waals surface area contributed by atoms with E-state index in [0.29, 0.717) is 11.7 Å². The van der Waals surface area contributed by atoms with Gasteiger partial charge in [-0.25, -0.2) is 0 Å². The average molecular weight is 357 g/mol. The first-order valence-corrected chi connectivity index (χ1v) is 9.39. The van der Waals surface area contributed by atoms with Crippen LogP contribution in [0.1, 0.15) is 43.6 Å². The van der Waals surface area contributed by atoms with Crippen LogP contribution in [-0.2, 0) is 0 Å². The molecule has 114 valence electrons. The summed E-state index contributed by atoms with van der Waals surface area (Å²) in [6.45, 7) is 0. The molecule has 2 heteroatoms. The molecule has 3 aliphatic rings. The molecule has 0 aromatic heterocycles. The number of hydrogen-bond donors (Lipinski definition) is 1. The first kappa shape index (κ1) is 13.4. The standard InChI is InChI=1S/C20H21BrO/c21-16-2-1-13-10-20(22)19(9-14(13)8-16)18-7-12-3-11-4-15(5-12)17(18)6-11/h1-2,8-12,15,17-18,22H,3-7H2. The maximum Gasteiger partial charge on any atom is 0.119 e. The quantitative estimate of drug-likeness (QED) is 0.679. The van der Waals surface area contributed by atoms with Crippen LogP contribution in [0.4, 0.5) is 0 Å². The number of aromatic hydroxyl groups is 1. The minimum Gasteiger partial charge on any atom is -0.508 e. The van der Waals surface area contributed by atoms with Crippen LogP contribution in [-0.4, -0.2) is 5.11 Å². The highest BCUT2D eigenvalue weighted by atomic mass is 79.9. The number of halogens is 1. The van der Waals surface area contributed by atoms with Crippen molar-refractivity contribution in [3.05, 3.63) is 40.4 Å². The highest BCUT2D eigenvalue weighted by Crippen LogP contribution is 2.60. The van der Waals surface area contributed by atoms with E-state index < -0.39 is 0 Å². The Kier molecular flexibility index (Phi) is 2.89. The SMILES string of the molecule is Oc1cc2ccc(Br)cc2cc1C1CC2CC3CC(C2)C1C3. The molecule has 22 heavy (non-hydrogen) atoms. The topological polar surface area (TPSA) is 20.2 Å². The van der Waals surface area contributed by atoms with E-state index in [1.54, 1.807) is 0 Å². The van der Waals surface area contributed by atoms with Crippen molar-refractivity contribution in [1.82, 2.24) is 0 Å². The maximum absolute atomic E-state index is 10.6. The summed E-state index contributed by atoms with van der Waals surface area (Å²) in [5.41, 5.74) is 1.22. The summed E-state index contributed by atoms with van der Waals surface area (Å²) in [7, 11) is 0. The predicted octanol–water partition coefficient (Wildman–Crippen LogP) is 5.85. The van der Waals surface area contributed by atoms with Crippen LogP contribution in [0.25, 0.3) is 10.8 Å². The van der Waals surface area contributed by atoms with Gasteiger partial charge in [-0.1, -0.05) is 22.0 Å². The molecule has 0 heterocycles. The summed E-state index contributed by atoms with van der Waals surface area (Å²) in [6, 6.07) is 10.5. The molecule has 3 saturated carbocycles. The zero-order valence-electron chi connectivity index (χ0n) is 12.6. The van der Waals surface area contributed by atoms with Crippen LogP contribution < -0.4 is 0 Å². The van der Waals surface area contributed by atoms with Crippen molar-refractivity contribution in [2.45, 2.75) is 38.0 Å². The number of benzene rings is 2. The van der Waals surface area contributed by atoms with Crippen LogP contribution in [0.3, 0.4) is 0 Å². The van der Waals surface area contributed by atoms with Gasteiger partial charge >= 0.3 is 0 Å². The third-order valence-corrected chi connectivity index (χ3v) is 7.09. The summed E-state index contributed by atoms with van der Waals surface area (Å²) >= 11 is 3.57. The molecule has 3 aliphatic carbocycles. The van der Waals surface area contributed by atoms with Crippen molar-refractivity contribution in [3.63, 3.8) is 0 Å². The van der Waals surface area contributed by atoms with Gasteiger partial charge in [-0.3, -0.25) is 0 Å². The van der Waals surface area contributed by atoms with E-state index in [1.807, 2.05) is 12.1 Å². The van der Waals surface area contributed by atoms with E-state index in [9.17, 15) is 5.11 Å². The molecule has 1 N–H and O–H groups in total. The minimum atomic E-state index is 0.518. The molecule has 3 fully saturated rings. The van der Waals surface area contributed by atoms with Crippen molar-refractivity contribution in [3.8, 4) is 5.75 Å². The van der Waals surface area contributed by atoms with Gasteiger partial charge in [0.25, 0.3) is 0 Å². The Morgan fingerprint density at radius 3 is 2.55 bits per heavy atom. The van der Waals surface area contributed by atoms with Gasteiger partial charge in [-0.2, -0.15) is 0 Å². The Labute approximate surface area is 139 Å². The molecule has 2 aromatic rings. The van der Waals surface area contributed by atoms with E-state index in [1.165, 1.54) is 43.1 Å². The summed E-state index contributed by atoms with van der Waals surface area (Å²) in [6.07, 6.45) is 7.06. The van der Waals surface area contributed by atoms with Crippen LogP contribution in [0, 0.1) is 23.7 Å². The normalized spacial score (nSPS) is 36.1. The summed E-state index contributed by atoms with van der Waals surface area (Å²) < 4.78 is 1.11. The third-order valence-electron chi connectivity index (χ3n) is 6.60. The Morgan fingerprint density at radius 2 is 1.68 bits per heavy atom. The molecule has 1 nitrogen and oxygen atoms in total. The number of phenols is 1. The summed E-state index contributed by atoms with van der Waals surface area (Å²) in [4.78, 5) is 0. The molecule has 3 bridgehead atoms. The third kappa shape index (κ3) is 1.96. The Hall–Kier alpha value is -1.02. The van der Waals surface area contributed by atoms with E-state index in [2.05, 4.69) is 34.1 Å². The van der Waals surface area contributed by atoms with Gasteiger partial charge in [-0.15, -0.1) is 0 Å². The van der Waals surface area contributed by atoms with Crippen molar-refractivity contribution in [2.24, 2.45) is 23.7 Å². The Bertz CT molecular complexity index is 751. The van der Waals surface area contributed by atoms with Crippen LogP contribution >= 0.6 is 15.9 Å². The average Bonchev–Trinajstić information content (AvgIpc) is 2.71. The molecule has 5 atom stereocenters. The fraction of sp³-hybridized carbons (Fsp3) is 0.500. The highest BCUT2D eigenvalue weighted by molar-refractivity contribution is 9.10.